The summed E-state index contributed by atoms with van der Waals surface area (Å²) < 4.78 is 5.14. The number of pyridine rings is 1. The SMILES string of the molecule is COc1ccc(-c2cc(Nc3ccccc3)c(C#N)c(=O)[nH]2)cc1. The highest BCUT2D eigenvalue weighted by Gasteiger charge is 2.11. The summed E-state index contributed by atoms with van der Waals surface area (Å²) in [4.78, 5) is 15.0. The average molecular weight is 317 g/mol. The van der Waals surface area contributed by atoms with Gasteiger partial charge in [0.1, 0.15) is 17.4 Å². The van der Waals surface area contributed by atoms with E-state index in [9.17, 15) is 10.1 Å². The summed E-state index contributed by atoms with van der Waals surface area (Å²) in [5, 5.41) is 12.4. The molecular formula is C19H15N3O2. The second-order valence-electron chi connectivity index (χ2n) is 5.13. The number of nitrogens with zero attached hydrogens (tertiary/aromatic N) is 1. The van der Waals surface area contributed by atoms with Gasteiger partial charge in [0.05, 0.1) is 18.5 Å². The molecule has 0 atom stereocenters. The van der Waals surface area contributed by atoms with Crippen LogP contribution in [-0.2, 0) is 0 Å². The maximum Gasteiger partial charge on any atom is 0.268 e. The van der Waals surface area contributed by atoms with Crippen molar-refractivity contribution in [1.29, 1.82) is 5.26 Å². The van der Waals surface area contributed by atoms with Crippen molar-refractivity contribution in [2.24, 2.45) is 0 Å². The molecule has 24 heavy (non-hydrogen) atoms. The fourth-order valence-corrected chi connectivity index (χ4v) is 2.37. The number of aromatic nitrogens is 1. The van der Waals surface area contributed by atoms with Crippen molar-refractivity contribution in [3.63, 3.8) is 0 Å². The first kappa shape index (κ1) is 15.4. The van der Waals surface area contributed by atoms with E-state index in [0.717, 1.165) is 17.0 Å². The van der Waals surface area contributed by atoms with E-state index in [1.54, 1.807) is 13.2 Å². The van der Waals surface area contributed by atoms with Crippen molar-refractivity contribution < 1.29 is 4.74 Å². The van der Waals surface area contributed by atoms with Crippen LogP contribution in [0.2, 0.25) is 0 Å². The molecule has 0 aliphatic rings. The molecule has 3 rings (SSSR count). The van der Waals surface area contributed by atoms with Gasteiger partial charge < -0.3 is 15.0 Å². The molecule has 5 nitrogen and oxygen atoms in total. The van der Waals surface area contributed by atoms with Crippen LogP contribution in [0.3, 0.4) is 0 Å². The Kier molecular flexibility index (Phi) is 4.30. The van der Waals surface area contributed by atoms with Crippen molar-refractivity contribution in [2.75, 3.05) is 12.4 Å². The van der Waals surface area contributed by atoms with E-state index in [0.29, 0.717) is 11.4 Å². The zero-order chi connectivity index (χ0) is 16.9. The number of anilines is 2. The zero-order valence-electron chi connectivity index (χ0n) is 13.0. The first-order valence-corrected chi connectivity index (χ1v) is 7.35. The van der Waals surface area contributed by atoms with Crippen LogP contribution < -0.4 is 15.6 Å². The van der Waals surface area contributed by atoms with E-state index in [1.807, 2.05) is 60.7 Å². The van der Waals surface area contributed by atoms with E-state index in [2.05, 4.69) is 10.3 Å². The smallest absolute Gasteiger partial charge is 0.268 e. The Hall–Kier alpha value is -3.52. The van der Waals surface area contributed by atoms with Crippen molar-refractivity contribution in [1.82, 2.24) is 4.98 Å². The molecule has 0 saturated heterocycles. The van der Waals surface area contributed by atoms with Crippen LogP contribution in [0, 0.1) is 11.3 Å². The highest BCUT2D eigenvalue weighted by atomic mass is 16.5. The van der Waals surface area contributed by atoms with Crippen LogP contribution in [0.1, 0.15) is 5.56 Å². The first-order valence-electron chi connectivity index (χ1n) is 7.35. The summed E-state index contributed by atoms with van der Waals surface area (Å²) in [6.07, 6.45) is 0. The number of nitriles is 1. The van der Waals surface area contributed by atoms with Crippen LogP contribution in [-0.4, -0.2) is 12.1 Å². The summed E-state index contributed by atoms with van der Waals surface area (Å²) in [5.41, 5.74) is 2.35. The molecule has 118 valence electrons. The zero-order valence-corrected chi connectivity index (χ0v) is 13.0. The molecule has 2 aromatic carbocycles. The molecule has 0 saturated carbocycles. The maximum atomic E-state index is 12.2. The topological polar surface area (TPSA) is 77.9 Å². The van der Waals surface area contributed by atoms with Crippen LogP contribution in [0.15, 0.2) is 65.5 Å². The van der Waals surface area contributed by atoms with Gasteiger partial charge in [0.2, 0.25) is 0 Å². The van der Waals surface area contributed by atoms with E-state index in [1.165, 1.54) is 0 Å². The lowest BCUT2D eigenvalue weighted by molar-refractivity contribution is 0.415. The van der Waals surface area contributed by atoms with Crippen molar-refractivity contribution in [2.45, 2.75) is 0 Å². The summed E-state index contributed by atoms with van der Waals surface area (Å²) in [7, 11) is 1.60. The summed E-state index contributed by atoms with van der Waals surface area (Å²) in [5.74, 6) is 0.734. The van der Waals surface area contributed by atoms with E-state index < -0.39 is 5.56 Å². The summed E-state index contributed by atoms with van der Waals surface area (Å²) >= 11 is 0. The van der Waals surface area contributed by atoms with Crippen molar-refractivity contribution >= 4 is 11.4 Å². The Morgan fingerprint density at radius 2 is 1.79 bits per heavy atom. The molecule has 0 unspecified atom stereocenters. The fourth-order valence-electron chi connectivity index (χ4n) is 2.37. The number of H-pyrrole nitrogens is 1. The first-order chi connectivity index (χ1) is 11.7. The number of para-hydroxylation sites is 1. The predicted octanol–water partition coefficient (Wildman–Crippen LogP) is 3.67. The molecule has 0 aliphatic heterocycles. The van der Waals surface area contributed by atoms with Gasteiger partial charge in [-0.2, -0.15) is 5.26 Å². The standard InChI is InChI=1S/C19H15N3O2/c1-24-15-9-7-13(8-10-15)17-11-18(16(12-20)19(23)22-17)21-14-5-3-2-4-6-14/h2-11H,1H3,(H2,21,22,23). The lowest BCUT2D eigenvalue weighted by Gasteiger charge is -2.10. The number of aromatic amines is 1. The van der Waals surface area contributed by atoms with E-state index in [4.69, 9.17) is 4.74 Å². The van der Waals surface area contributed by atoms with Crippen LogP contribution in [0.5, 0.6) is 5.75 Å². The fraction of sp³-hybridized carbons (Fsp3) is 0.0526. The average Bonchev–Trinajstić information content (AvgIpc) is 2.62. The minimum atomic E-state index is -0.427. The number of ether oxygens (including phenoxy) is 1. The predicted molar refractivity (Wildman–Crippen MR) is 93.5 cm³/mol. The quantitative estimate of drug-likeness (QED) is 0.769. The number of hydrogen-bond acceptors (Lipinski definition) is 4. The molecule has 0 fully saturated rings. The van der Waals surface area contributed by atoms with Gasteiger partial charge >= 0.3 is 0 Å². The van der Waals surface area contributed by atoms with Gasteiger partial charge in [-0.1, -0.05) is 18.2 Å². The minimum Gasteiger partial charge on any atom is -0.497 e. The molecule has 5 heteroatoms. The molecule has 1 heterocycles. The summed E-state index contributed by atoms with van der Waals surface area (Å²) in [6.45, 7) is 0. The molecule has 3 aromatic rings. The van der Waals surface area contributed by atoms with Gasteiger partial charge in [-0.05, 0) is 48.0 Å². The third kappa shape index (κ3) is 3.13. The van der Waals surface area contributed by atoms with Gasteiger partial charge in [-0.15, -0.1) is 0 Å². The molecule has 0 spiro atoms. The molecule has 0 radical (unpaired) electrons. The third-order valence-corrected chi connectivity index (χ3v) is 3.60. The maximum absolute atomic E-state index is 12.2. The van der Waals surface area contributed by atoms with Crippen LogP contribution in [0.25, 0.3) is 11.3 Å². The van der Waals surface area contributed by atoms with Crippen LogP contribution in [0.4, 0.5) is 11.4 Å². The Labute approximate surface area is 139 Å². The largest absolute Gasteiger partial charge is 0.497 e. The number of hydrogen-bond donors (Lipinski definition) is 2. The monoisotopic (exact) mass is 317 g/mol. The van der Waals surface area contributed by atoms with Crippen molar-refractivity contribution in [3.05, 3.63) is 76.6 Å². The molecule has 2 N–H and O–H groups in total. The molecule has 1 aromatic heterocycles. The normalized spacial score (nSPS) is 10.0. The highest BCUT2D eigenvalue weighted by Crippen LogP contribution is 2.25. The molecular weight excluding hydrogens is 302 g/mol. The Balaban J connectivity index is 2.06. The van der Waals surface area contributed by atoms with Gasteiger partial charge in [0.15, 0.2) is 0 Å². The van der Waals surface area contributed by atoms with Gasteiger partial charge in [0.25, 0.3) is 5.56 Å². The van der Waals surface area contributed by atoms with Gasteiger partial charge in [-0.3, -0.25) is 4.79 Å². The summed E-state index contributed by atoms with van der Waals surface area (Å²) in [6, 6.07) is 20.4. The number of nitrogens with one attached hydrogen (secondary N) is 2. The van der Waals surface area contributed by atoms with E-state index in [-0.39, 0.29) is 5.56 Å². The third-order valence-electron chi connectivity index (χ3n) is 3.60. The molecule has 0 bridgehead atoms. The number of methoxy groups -OCH3 is 1. The second kappa shape index (κ2) is 6.71. The Bertz CT molecular complexity index is 939. The van der Waals surface area contributed by atoms with Crippen molar-refractivity contribution in [3.8, 4) is 23.1 Å². The lowest BCUT2D eigenvalue weighted by Crippen LogP contribution is -2.13. The van der Waals surface area contributed by atoms with E-state index >= 15 is 0 Å². The molecule has 0 amide bonds. The van der Waals surface area contributed by atoms with Gasteiger partial charge in [-0.25, -0.2) is 0 Å². The molecule has 0 aliphatic carbocycles. The highest BCUT2D eigenvalue weighted by molar-refractivity contribution is 5.72. The number of benzene rings is 2. The lowest BCUT2D eigenvalue weighted by atomic mass is 10.1. The minimum absolute atomic E-state index is 0.0520. The van der Waals surface area contributed by atoms with Gasteiger partial charge in [0, 0.05) is 5.69 Å². The Morgan fingerprint density at radius 1 is 1.08 bits per heavy atom. The second-order valence-corrected chi connectivity index (χ2v) is 5.13. The number of rotatable bonds is 4. The Morgan fingerprint density at radius 3 is 2.42 bits per heavy atom. The van der Waals surface area contributed by atoms with Crippen LogP contribution >= 0.6 is 0 Å².